The van der Waals surface area contributed by atoms with Gasteiger partial charge in [-0.15, -0.1) is 0 Å². The number of hydrogen-bond acceptors (Lipinski definition) is 11. The molecule has 0 aromatic rings. The van der Waals surface area contributed by atoms with E-state index in [1.54, 1.807) is 0 Å². The van der Waals surface area contributed by atoms with Gasteiger partial charge in [0.1, 0.15) is 30.5 Å². The fourth-order valence-corrected chi connectivity index (χ4v) is 7.09. The molecule has 0 saturated carbocycles. The minimum Gasteiger partial charge on any atom is -0.394 e. The first-order valence-corrected chi connectivity index (χ1v) is 22.0. The molecular weight excluding hydrogens is 706 g/mol. The molecule has 1 amide bonds. The van der Waals surface area contributed by atoms with Crippen molar-refractivity contribution in [1.82, 2.24) is 5.32 Å². The van der Waals surface area contributed by atoms with Gasteiger partial charge in [0.2, 0.25) is 5.91 Å². The summed E-state index contributed by atoms with van der Waals surface area (Å²) in [6.45, 7) is 3.16. The van der Waals surface area contributed by atoms with Gasteiger partial charge in [-0.25, -0.2) is 4.18 Å². The van der Waals surface area contributed by atoms with Crippen molar-refractivity contribution in [3.05, 3.63) is 12.2 Å². The van der Waals surface area contributed by atoms with Crippen LogP contribution in [0.3, 0.4) is 0 Å². The maximum Gasteiger partial charge on any atom is 0.397 e. The summed E-state index contributed by atoms with van der Waals surface area (Å²) in [7, 11) is -5.11. The van der Waals surface area contributed by atoms with E-state index < -0.39 is 78.5 Å². The molecule has 0 radical (unpaired) electrons. The minimum atomic E-state index is -5.11. The first-order valence-electron chi connectivity index (χ1n) is 20.7. The normalized spacial score (nSPS) is 22.6. The van der Waals surface area contributed by atoms with E-state index in [9.17, 15) is 38.7 Å². The van der Waals surface area contributed by atoms with Crippen LogP contribution in [-0.2, 0) is 28.9 Å². The lowest BCUT2D eigenvalue weighted by atomic mass is 9.99. The molecule has 8 unspecified atom stereocenters. The Kier molecular flexibility index (Phi) is 29.1. The number of nitrogens with one attached hydrogen (secondary N) is 1. The Morgan fingerprint density at radius 2 is 1.23 bits per heavy atom. The number of hydrogen-bond donors (Lipinski definition) is 7. The smallest absolute Gasteiger partial charge is 0.394 e. The Hall–Kier alpha value is -1.20. The first kappa shape index (κ1) is 49.8. The monoisotopic (exact) mass is 782 g/mol. The van der Waals surface area contributed by atoms with Crippen LogP contribution in [0.5, 0.6) is 0 Å². The number of carbonyl (C=O) groups excluding carboxylic acids is 1. The van der Waals surface area contributed by atoms with Crippen LogP contribution < -0.4 is 5.32 Å². The molecule has 0 aliphatic carbocycles. The Morgan fingerprint density at radius 3 is 1.70 bits per heavy atom. The largest absolute Gasteiger partial charge is 0.397 e. The zero-order valence-electron chi connectivity index (χ0n) is 32.7. The number of aliphatic hydroxyl groups is 5. The highest BCUT2D eigenvalue weighted by atomic mass is 32.3. The highest BCUT2D eigenvalue weighted by molar-refractivity contribution is 7.80. The van der Waals surface area contributed by atoms with Gasteiger partial charge >= 0.3 is 10.4 Å². The number of ether oxygens (including phenoxy) is 2. The van der Waals surface area contributed by atoms with Gasteiger partial charge in [0.15, 0.2) is 6.29 Å². The third kappa shape index (κ3) is 24.1. The van der Waals surface area contributed by atoms with Crippen LogP contribution in [0.15, 0.2) is 12.2 Å². The lowest BCUT2D eigenvalue weighted by molar-refractivity contribution is -0.298. The second-order valence-corrected chi connectivity index (χ2v) is 15.8. The molecule has 1 rings (SSSR count). The van der Waals surface area contributed by atoms with Crippen LogP contribution >= 0.6 is 0 Å². The Morgan fingerprint density at radius 1 is 0.755 bits per heavy atom. The van der Waals surface area contributed by atoms with Crippen LogP contribution in [0.2, 0.25) is 0 Å². The molecule has 1 aliphatic rings. The van der Waals surface area contributed by atoms with Crippen molar-refractivity contribution in [3.8, 4) is 0 Å². The van der Waals surface area contributed by atoms with Gasteiger partial charge in [-0.05, 0) is 19.3 Å². The predicted octanol–water partition coefficient (Wildman–Crippen LogP) is 5.80. The summed E-state index contributed by atoms with van der Waals surface area (Å²) in [6, 6.07) is -1.11. The van der Waals surface area contributed by atoms with Gasteiger partial charge in [0.25, 0.3) is 0 Å². The predicted molar refractivity (Wildman–Crippen MR) is 205 cm³/mol. The molecule has 0 bridgehead atoms. The van der Waals surface area contributed by atoms with Crippen LogP contribution in [0.1, 0.15) is 168 Å². The van der Waals surface area contributed by atoms with Gasteiger partial charge < -0.3 is 40.3 Å². The number of allylic oxidation sites excluding steroid dienone is 1. The number of amides is 1. The molecule has 1 aliphatic heterocycles. The van der Waals surface area contributed by atoms with Crippen LogP contribution in [0, 0.1) is 0 Å². The summed E-state index contributed by atoms with van der Waals surface area (Å²) in [5, 5.41) is 54.9. The fourth-order valence-electron chi connectivity index (χ4n) is 6.58. The molecule has 14 heteroatoms. The van der Waals surface area contributed by atoms with Gasteiger partial charge in [-0.3, -0.25) is 9.35 Å². The second-order valence-electron chi connectivity index (χ2n) is 14.7. The number of carbonyl (C=O) groups is 1. The van der Waals surface area contributed by atoms with Crippen molar-refractivity contribution in [2.24, 2.45) is 0 Å². The van der Waals surface area contributed by atoms with E-state index in [-0.39, 0.29) is 6.42 Å². The number of unbranched alkanes of at least 4 members (excludes halogenated alkanes) is 21. The molecule has 314 valence electrons. The molecule has 0 aromatic carbocycles. The second kappa shape index (κ2) is 31.0. The van der Waals surface area contributed by atoms with E-state index in [0.717, 1.165) is 38.5 Å². The van der Waals surface area contributed by atoms with Crippen molar-refractivity contribution in [1.29, 1.82) is 0 Å². The molecule has 1 heterocycles. The molecule has 13 nitrogen and oxygen atoms in total. The summed E-state index contributed by atoms with van der Waals surface area (Å²) in [5.74, 6) is -0.705. The van der Waals surface area contributed by atoms with Crippen molar-refractivity contribution < 1.29 is 57.0 Å². The molecule has 1 fully saturated rings. The lowest BCUT2D eigenvalue weighted by Crippen LogP contribution is -2.61. The third-order valence-corrected chi connectivity index (χ3v) is 10.4. The molecule has 0 aromatic heterocycles. The van der Waals surface area contributed by atoms with Crippen molar-refractivity contribution in [2.45, 2.75) is 217 Å². The number of aliphatic hydroxyl groups excluding tert-OH is 5. The summed E-state index contributed by atoms with van der Waals surface area (Å²) in [6.07, 6.45) is 18.9. The van der Waals surface area contributed by atoms with E-state index >= 15 is 0 Å². The van der Waals surface area contributed by atoms with Gasteiger partial charge in [0, 0.05) is 0 Å². The Balaban J connectivity index is 2.67. The van der Waals surface area contributed by atoms with Crippen molar-refractivity contribution in [2.75, 3.05) is 13.2 Å². The Bertz CT molecular complexity index is 1030. The van der Waals surface area contributed by atoms with Gasteiger partial charge in [-0.2, -0.15) is 8.42 Å². The molecule has 1 saturated heterocycles. The van der Waals surface area contributed by atoms with Gasteiger partial charge in [0.05, 0.1) is 25.4 Å². The maximum absolute atomic E-state index is 13.0. The zero-order chi connectivity index (χ0) is 39.3. The quantitative estimate of drug-likeness (QED) is 0.0235. The van der Waals surface area contributed by atoms with E-state index in [0.29, 0.717) is 12.8 Å². The summed E-state index contributed by atoms with van der Waals surface area (Å²) >= 11 is 0. The van der Waals surface area contributed by atoms with Crippen LogP contribution in [-0.4, -0.2) is 107 Å². The van der Waals surface area contributed by atoms with Crippen molar-refractivity contribution in [3.63, 3.8) is 0 Å². The topological polar surface area (TPSA) is 212 Å². The van der Waals surface area contributed by atoms with Gasteiger partial charge in [-0.1, -0.05) is 161 Å². The average molecular weight is 782 g/mol. The molecule has 7 N–H and O–H groups in total. The molecule has 53 heavy (non-hydrogen) atoms. The third-order valence-electron chi connectivity index (χ3n) is 9.93. The Labute approximate surface area is 320 Å². The molecule has 8 atom stereocenters. The highest BCUT2D eigenvalue weighted by Gasteiger charge is 2.48. The lowest BCUT2D eigenvalue weighted by Gasteiger charge is -2.41. The summed E-state index contributed by atoms with van der Waals surface area (Å²) in [4.78, 5) is 13.0. The van der Waals surface area contributed by atoms with E-state index in [1.807, 2.05) is 6.08 Å². The molecule has 0 spiro atoms. The van der Waals surface area contributed by atoms with E-state index in [4.69, 9.17) is 14.0 Å². The average Bonchev–Trinajstić information content (AvgIpc) is 3.12. The van der Waals surface area contributed by atoms with Crippen molar-refractivity contribution >= 4 is 16.3 Å². The zero-order valence-corrected chi connectivity index (χ0v) is 33.5. The maximum atomic E-state index is 13.0. The van der Waals surface area contributed by atoms with E-state index in [2.05, 4.69) is 23.3 Å². The SMILES string of the molecule is CCCCCCCCCCCCCCC/C=C/C(O)C(COC1OC(CO)C(O)C(OS(=O)(=O)O)C1O)NC(=O)C(O)CCCCCCCCCCC. The summed E-state index contributed by atoms with van der Waals surface area (Å²) in [5.41, 5.74) is 0. The molecular formula is C39H75NO12S. The minimum absolute atomic E-state index is 0.245. The van der Waals surface area contributed by atoms with E-state index in [1.165, 1.54) is 102 Å². The highest BCUT2D eigenvalue weighted by Crippen LogP contribution is 2.26. The fraction of sp³-hybridized carbons (Fsp3) is 0.923. The first-order chi connectivity index (χ1) is 25.4. The standard InChI is InChI=1S/C39H75NO12S/c1-3-5-7-9-11-13-14-15-16-17-18-20-21-23-25-27-32(42)31(40-38(46)33(43)28-26-24-22-19-12-10-8-6-4-2)30-50-39-36(45)37(52-53(47,48)49)35(44)34(29-41)51-39/h25,27,31-37,39,41-45H,3-24,26,28-30H2,1-2H3,(H,40,46)(H,47,48,49)/b27-25+. The van der Waals surface area contributed by atoms with Crippen LogP contribution in [0.25, 0.3) is 0 Å². The summed E-state index contributed by atoms with van der Waals surface area (Å²) < 4.78 is 47.3. The number of rotatable bonds is 34. The van der Waals surface area contributed by atoms with Crippen LogP contribution in [0.4, 0.5) is 0 Å².